The third kappa shape index (κ3) is 4.10. The van der Waals surface area contributed by atoms with Crippen molar-refractivity contribution in [1.82, 2.24) is 0 Å². The number of hydrogen-bond donors (Lipinski definition) is 0. The summed E-state index contributed by atoms with van der Waals surface area (Å²) in [6.07, 6.45) is 2.21. The standard InChI is InChI=1S/C23H22O2/c1-17-4-6-18(7-5-17)16-23(19-8-12-21(24-2)13-9-19)20-10-14-22(25-3)15-11-20/h4-16H,1-3H3. The zero-order chi connectivity index (χ0) is 17.6. The van der Waals surface area contributed by atoms with E-state index in [9.17, 15) is 0 Å². The first-order chi connectivity index (χ1) is 12.2. The molecule has 0 aliphatic heterocycles. The minimum absolute atomic E-state index is 0.855. The maximum atomic E-state index is 5.28. The van der Waals surface area contributed by atoms with Gasteiger partial charge in [-0.15, -0.1) is 0 Å². The molecule has 0 N–H and O–H groups in total. The number of methoxy groups -OCH3 is 2. The highest BCUT2D eigenvalue weighted by atomic mass is 16.5. The molecule has 0 amide bonds. The van der Waals surface area contributed by atoms with Crippen molar-refractivity contribution in [2.45, 2.75) is 6.92 Å². The van der Waals surface area contributed by atoms with Gasteiger partial charge in [-0.05, 0) is 59.5 Å². The monoisotopic (exact) mass is 330 g/mol. The molecule has 0 atom stereocenters. The van der Waals surface area contributed by atoms with Crippen LogP contribution in [0.2, 0.25) is 0 Å². The van der Waals surface area contributed by atoms with Crippen LogP contribution in [0.5, 0.6) is 11.5 Å². The van der Waals surface area contributed by atoms with Gasteiger partial charge in [0.05, 0.1) is 14.2 Å². The van der Waals surface area contributed by atoms with Crippen LogP contribution in [0.15, 0.2) is 72.8 Å². The summed E-state index contributed by atoms with van der Waals surface area (Å²) >= 11 is 0. The van der Waals surface area contributed by atoms with Gasteiger partial charge >= 0.3 is 0 Å². The molecule has 0 fully saturated rings. The lowest BCUT2D eigenvalue weighted by atomic mass is 9.95. The molecule has 3 aromatic carbocycles. The molecule has 0 spiro atoms. The van der Waals surface area contributed by atoms with Gasteiger partial charge in [-0.2, -0.15) is 0 Å². The van der Waals surface area contributed by atoms with Gasteiger partial charge in [0.1, 0.15) is 11.5 Å². The van der Waals surface area contributed by atoms with E-state index in [1.165, 1.54) is 11.1 Å². The van der Waals surface area contributed by atoms with Gasteiger partial charge in [0.2, 0.25) is 0 Å². The second-order valence-electron chi connectivity index (χ2n) is 5.93. The number of hydrogen-bond acceptors (Lipinski definition) is 2. The van der Waals surface area contributed by atoms with E-state index in [1.807, 2.05) is 24.3 Å². The van der Waals surface area contributed by atoms with E-state index in [2.05, 4.69) is 61.5 Å². The van der Waals surface area contributed by atoms with Gasteiger partial charge in [-0.1, -0.05) is 54.1 Å². The molecule has 0 aliphatic carbocycles. The van der Waals surface area contributed by atoms with Crippen molar-refractivity contribution in [3.05, 3.63) is 95.1 Å². The lowest BCUT2D eigenvalue weighted by molar-refractivity contribution is 0.414. The van der Waals surface area contributed by atoms with Crippen LogP contribution in [0.1, 0.15) is 22.3 Å². The molecule has 126 valence electrons. The molecule has 0 saturated carbocycles. The van der Waals surface area contributed by atoms with E-state index >= 15 is 0 Å². The quantitative estimate of drug-likeness (QED) is 0.567. The second kappa shape index (κ2) is 7.71. The van der Waals surface area contributed by atoms with Gasteiger partial charge in [0.25, 0.3) is 0 Å². The Labute approximate surface area is 149 Å². The fourth-order valence-corrected chi connectivity index (χ4v) is 2.70. The third-order valence-electron chi connectivity index (χ3n) is 4.19. The largest absolute Gasteiger partial charge is 0.497 e. The molecular weight excluding hydrogens is 308 g/mol. The Kier molecular flexibility index (Phi) is 5.20. The summed E-state index contributed by atoms with van der Waals surface area (Å²) in [5.41, 5.74) is 5.88. The minimum Gasteiger partial charge on any atom is -0.497 e. The van der Waals surface area contributed by atoms with Crippen molar-refractivity contribution >= 4 is 11.6 Å². The summed E-state index contributed by atoms with van der Waals surface area (Å²) in [6.45, 7) is 2.10. The molecule has 0 unspecified atom stereocenters. The van der Waals surface area contributed by atoms with Crippen LogP contribution < -0.4 is 9.47 Å². The highest BCUT2D eigenvalue weighted by molar-refractivity contribution is 5.91. The molecule has 3 rings (SSSR count). The average molecular weight is 330 g/mol. The van der Waals surface area contributed by atoms with Crippen molar-refractivity contribution in [3.63, 3.8) is 0 Å². The normalized spacial score (nSPS) is 10.2. The van der Waals surface area contributed by atoms with E-state index in [-0.39, 0.29) is 0 Å². The Balaban J connectivity index is 2.07. The van der Waals surface area contributed by atoms with Crippen molar-refractivity contribution in [2.24, 2.45) is 0 Å². The first kappa shape index (κ1) is 16.8. The zero-order valence-corrected chi connectivity index (χ0v) is 14.8. The van der Waals surface area contributed by atoms with E-state index in [0.717, 1.165) is 28.2 Å². The number of aryl methyl sites for hydroxylation is 1. The van der Waals surface area contributed by atoms with E-state index in [0.29, 0.717) is 0 Å². The van der Waals surface area contributed by atoms with Crippen LogP contribution in [0.4, 0.5) is 0 Å². The first-order valence-corrected chi connectivity index (χ1v) is 8.27. The van der Waals surface area contributed by atoms with Gasteiger partial charge in [0.15, 0.2) is 0 Å². The smallest absolute Gasteiger partial charge is 0.118 e. The van der Waals surface area contributed by atoms with Crippen LogP contribution >= 0.6 is 0 Å². The maximum absolute atomic E-state index is 5.28. The Morgan fingerprint density at radius 1 is 0.640 bits per heavy atom. The van der Waals surface area contributed by atoms with E-state index in [4.69, 9.17) is 9.47 Å². The number of benzene rings is 3. The molecule has 0 aliphatic rings. The highest BCUT2D eigenvalue weighted by Crippen LogP contribution is 2.29. The third-order valence-corrected chi connectivity index (χ3v) is 4.19. The lowest BCUT2D eigenvalue weighted by Gasteiger charge is -2.11. The summed E-state index contributed by atoms with van der Waals surface area (Å²) in [5.74, 6) is 1.71. The highest BCUT2D eigenvalue weighted by Gasteiger charge is 2.07. The SMILES string of the molecule is COc1ccc(C(=Cc2ccc(C)cc2)c2ccc(OC)cc2)cc1. The summed E-state index contributed by atoms with van der Waals surface area (Å²) < 4.78 is 10.6. The molecule has 0 heterocycles. The summed E-state index contributed by atoms with van der Waals surface area (Å²) in [7, 11) is 3.36. The van der Waals surface area contributed by atoms with Crippen LogP contribution in [0.3, 0.4) is 0 Å². The molecule has 3 aromatic rings. The predicted octanol–water partition coefficient (Wildman–Crippen LogP) is 5.60. The van der Waals surface area contributed by atoms with Crippen molar-refractivity contribution in [3.8, 4) is 11.5 Å². The Bertz CT molecular complexity index is 793. The lowest BCUT2D eigenvalue weighted by Crippen LogP contribution is -1.91. The molecule has 0 radical (unpaired) electrons. The summed E-state index contributed by atoms with van der Waals surface area (Å²) in [5, 5.41) is 0. The fraction of sp³-hybridized carbons (Fsp3) is 0.130. The van der Waals surface area contributed by atoms with Crippen molar-refractivity contribution in [2.75, 3.05) is 14.2 Å². The van der Waals surface area contributed by atoms with Gasteiger partial charge < -0.3 is 9.47 Å². The van der Waals surface area contributed by atoms with Crippen molar-refractivity contribution in [1.29, 1.82) is 0 Å². The maximum Gasteiger partial charge on any atom is 0.118 e. The minimum atomic E-state index is 0.855. The van der Waals surface area contributed by atoms with Crippen LogP contribution in [0, 0.1) is 6.92 Å². The average Bonchev–Trinajstić information content (AvgIpc) is 2.68. The van der Waals surface area contributed by atoms with Crippen LogP contribution in [0.25, 0.3) is 11.6 Å². The van der Waals surface area contributed by atoms with Gasteiger partial charge in [0, 0.05) is 0 Å². The molecule has 0 aromatic heterocycles. The predicted molar refractivity (Wildman–Crippen MR) is 104 cm³/mol. The molecule has 2 nitrogen and oxygen atoms in total. The number of ether oxygens (including phenoxy) is 2. The zero-order valence-electron chi connectivity index (χ0n) is 14.8. The van der Waals surface area contributed by atoms with Gasteiger partial charge in [-0.3, -0.25) is 0 Å². The molecule has 25 heavy (non-hydrogen) atoms. The van der Waals surface area contributed by atoms with Gasteiger partial charge in [-0.25, -0.2) is 0 Å². The summed E-state index contributed by atoms with van der Waals surface area (Å²) in [4.78, 5) is 0. The Hall–Kier alpha value is -3.00. The topological polar surface area (TPSA) is 18.5 Å². The molecular formula is C23H22O2. The van der Waals surface area contributed by atoms with Crippen LogP contribution in [-0.4, -0.2) is 14.2 Å². The molecule has 0 bridgehead atoms. The first-order valence-electron chi connectivity index (χ1n) is 8.27. The summed E-state index contributed by atoms with van der Waals surface area (Å²) in [6, 6.07) is 24.8. The molecule has 2 heteroatoms. The molecule has 0 saturated heterocycles. The fourth-order valence-electron chi connectivity index (χ4n) is 2.70. The Morgan fingerprint density at radius 2 is 1.08 bits per heavy atom. The Morgan fingerprint density at radius 3 is 1.48 bits per heavy atom. The van der Waals surface area contributed by atoms with E-state index in [1.54, 1.807) is 14.2 Å². The van der Waals surface area contributed by atoms with Crippen LogP contribution in [-0.2, 0) is 0 Å². The van der Waals surface area contributed by atoms with E-state index < -0.39 is 0 Å². The number of rotatable bonds is 5. The second-order valence-corrected chi connectivity index (χ2v) is 5.93. The van der Waals surface area contributed by atoms with Crippen molar-refractivity contribution < 1.29 is 9.47 Å².